The maximum atomic E-state index is 11.2. The lowest BCUT2D eigenvalue weighted by atomic mass is 10.4. The molecule has 0 aliphatic rings. The third kappa shape index (κ3) is 2.04. The van der Waals surface area contributed by atoms with Gasteiger partial charge in [0.15, 0.2) is 0 Å². The molecule has 0 bridgehead atoms. The molecule has 0 saturated heterocycles. The van der Waals surface area contributed by atoms with Crippen molar-refractivity contribution < 1.29 is 8.42 Å². The molecule has 0 saturated carbocycles. The van der Waals surface area contributed by atoms with Crippen molar-refractivity contribution in [1.82, 2.24) is 4.72 Å². The van der Waals surface area contributed by atoms with Gasteiger partial charge in [0, 0.05) is 0 Å². The molecule has 0 radical (unpaired) electrons. The summed E-state index contributed by atoms with van der Waals surface area (Å²) >= 11 is 0. The average Bonchev–Trinajstić information content (AvgIpc) is 2.06. The Hall–Kier alpha value is -0.910. The third-order valence-corrected chi connectivity index (χ3v) is 2.77. The average molecular weight is 186 g/mol. The zero-order chi connectivity index (χ0) is 9.03. The minimum absolute atomic E-state index is 0.0861. The van der Waals surface area contributed by atoms with Crippen molar-refractivity contribution in [3.8, 4) is 0 Å². The van der Waals surface area contributed by atoms with Crippen molar-refractivity contribution in [2.24, 2.45) is 5.73 Å². The lowest BCUT2D eigenvalue weighted by molar-refractivity contribution is 0.583. The van der Waals surface area contributed by atoms with Gasteiger partial charge in [-0.1, -0.05) is 18.2 Å². The maximum Gasteiger partial charge on any atom is 0.241 e. The van der Waals surface area contributed by atoms with Crippen LogP contribution in [-0.2, 0) is 10.0 Å². The smallest absolute Gasteiger partial charge is 0.241 e. The first-order valence-electron chi connectivity index (χ1n) is 3.41. The predicted molar refractivity (Wildman–Crippen MR) is 45.8 cm³/mol. The van der Waals surface area contributed by atoms with Gasteiger partial charge in [-0.15, -0.1) is 0 Å². The lowest BCUT2D eigenvalue weighted by Gasteiger charge is -2.02. The third-order valence-electron chi connectivity index (χ3n) is 1.33. The van der Waals surface area contributed by atoms with E-state index in [4.69, 9.17) is 5.73 Å². The van der Waals surface area contributed by atoms with Gasteiger partial charge in [-0.25, -0.2) is 8.42 Å². The largest absolute Gasteiger partial charge is 0.318 e. The summed E-state index contributed by atoms with van der Waals surface area (Å²) in [5.41, 5.74) is 5.06. The molecule has 0 aliphatic heterocycles. The van der Waals surface area contributed by atoms with Crippen LogP contribution < -0.4 is 10.5 Å². The fourth-order valence-corrected chi connectivity index (χ4v) is 1.69. The van der Waals surface area contributed by atoms with Gasteiger partial charge < -0.3 is 5.73 Å². The van der Waals surface area contributed by atoms with Gasteiger partial charge in [-0.05, 0) is 12.1 Å². The molecule has 0 unspecified atom stereocenters. The van der Waals surface area contributed by atoms with Gasteiger partial charge in [0.1, 0.15) is 0 Å². The number of nitrogens with one attached hydrogen (secondary N) is 1. The van der Waals surface area contributed by atoms with Crippen LogP contribution in [0.4, 0.5) is 0 Å². The molecule has 0 aliphatic carbocycles. The van der Waals surface area contributed by atoms with Gasteiger partial charge in [0.2, 0.25) is 10.0 Å². The topological polar surface area (TPSA) is 72.2 Å². The summed E-state index contributed by atoms with van der Waals surface area (Å²) in [7, 11) is -3.39. The van der Waals surface area contributed by atoms with Crippen molar-refractivity contribution in [1.29, 1.82) is 0 Å². The van der Waals surface area contributed by atoms with Crippen LogP contribution in [0.25, 0.3) is 0 Å². The van der Waals surface area contributed by atoms with E-state index in [2.05, 4.69) is 4.72 Å². The first-order chi connectivity index (χ1) is 5.67. The fourth-order valence-electron chi connectivity index (χ4n) is 0.793. The van der Waals surface area contributed by atoms with Crippen LogP contribution in [0.15, 0.2) is 35.2 Å². The Morgan fingerprint density at radius 2 is 1.83 bits per heavy atom. The predicted octanol–water partition coefficient (Wildman–Crippen LogP) is -0.119. The minimum atomic E-state index is -3.39. The van der Waals surface area contributed by atoms with Crippen molar-refractivity contribution in [3.63, 3.8) is 0 Å². The first-order valence-corrected chi connectivity index (χ1v) is 4.90. The highest BCUT2D eigenvalue weighted by Gasteiger charge is 2.10. The Bertz CT molecular complexity index is 334. The monoisotopic (exact) mass is 186 g/mol. The summed E-state index contributed by atoms with van der Waals surface area (Å²) in [6.45, 7) is -0.0861. The van der Waals surface area contributed by atoms with E-state index >= 15 is 0 Å². The quantitative estimate of drug-likeness (QED) is 0.646. The molecule has 3 N–H and O–H groups in total. The molecular weight excluding hydrogens is 176 g/mol. The second-order valence-corrected chi connectivity index (χ2v) is 3.93. The van der Waals surface area contributed by atoms with Gasteiger partial charge in [-0.2, -0.15) is 4.72 Å². The van der Waals surface area contributed by atoms with Gasteiger partial charge in [-0.3, -0.25) is 0 Å². The summed E-state index contributed by atoms with van der Waals surface area (Å²) in [5, 5.41) is 0. The van der Waals surface area contributed by atoms with E-state index in [0.717, 1.165) is 0 Å². The second-order valence-electron chi connectivity index (χ2n) is 2.16. The summed E-state index contributed by atoms with van der Waals surface area (Å²) in [4.78, 5) is 0.232. The zero-order valence-electron chi connectivity index (χ0n) is 6.40. The van der Waals surface area contributed by atoms with Crippen LogP contribution in [-0.4, -0.2) is 15.1 Å². The number of nitrogens with two attached hydrogens (primary N) is 1. The summed E-state index contributed by atoms with van der Waals surface area (Å²) in [5.74, 6) is 0. The Labute approximate surface area is 71.4 Å². The molecule has 66 valence electrons. The molecule has 4 nitrogen and oxygen atoms in total. The first kappa shape index (κ1) is 9.18. The number of hydrogen-bond acceptors (Lipinski definition) is 3. The molecule has 1 aromatic carbocycles. The van der Waals surface area contributed by atoms with Gasteiger partial charge in [0.05, 0.1) is 11.6 Å². The molecule has 0 spiro atoms. The van der Waals surface area contributed by atoms with E-state index in [0.29, 0.717) is 0 Å². The van der Waals surface area contributed by atoms with Crippen LogP contribution >= 0.6 is 0 Å². The normalized spacial score (nSPS) is 11.4. The van der Waals surface area contributed by atoms with E-state index < -0.39 is 10.0 Å². The number of hydrogen-bond donors (Lipinski definition) is 2. The SMILES string of the molecule is NCNS(=O)(=O)c1ccccc1. The van der Waals surface area contributed by atoms with E-state index in [1.165, 1.54) is 12.1 Å². The van der Waals surface area contributed by atoms with E-state index in [9.17, 15) is 8.42 Å². The molecule has 1 rings (SSSR count). The highest BCUT2D eigenvalue weighted by molar-refractivity contribution is 7.89. The van der Waals surface area contributed by atoms with E-state index in [1.807, 2.05) is 0 Å². The van der Waals surface area contributed by atoms with Crippen LogP contribution in [0.3, 0.4) is 0 Å². The lowest BCUT2D eigenvalue weighted by Crippen LogP contribution is -2.29. The minimum Gasteiger partial charge on any atom is -0.318 e. The Kier molecular flexibility index (Phi) is 2.80. The van der Waals surface area contributed by atoms with E-state index in [-0.39, 0.29) is 11.6 Å². The van der Waals surface area contributed by atoms with Crippen LogP contribution in [0, 0.1) is 0 Å². The van der Waals surface area contributed by atoms with Gasteiger partial charge >= 0.3 is 0 Å². The molecule has 0 fully saturated rings. The van der Waals surface area contributed by atoms with Crippen LogP contribution in [0.2, 0.25) is 0 Å². The molecule has 0 heterocycles. The standard InChI is InChI=1S/C7H10N2O2S/c8-6-9-12(10,11)7-4-2-1-3-5-7/h1-5,9H,6,8H2. The summed E-state index contributed by atoms with van der Waals surface area (Å²) in [6, 6.07) is 8.09. The number of rotatable bonds is 3. The highest BCUT2D eigenvalue weighted by atomic mass is 32.2. The van der Waals surface area contributed by atoms with Crippen LogP contribution in [0.5, 0.6) is 0 Å². The van der Waals surface area contributed by atoms with Gasteiger partial charge in [0.25, 0.3) is 0 Å². The number of sulfonamides is 1. The molecule has 5 heteroatoms. The molecule has 0 atom stereocenters. The highest BCUT2D eigenvalue weighted by Crippen LogP contribution is 2.05. The molecule has 1 aromatic rings. The summed E-state index contributed by atoms with van der Waals surface area (Å²) < 4.78 is 24.7. The van der Waals surface area contributed by atoms with Crippen molar-refractivity contribution in [2.45, 2.75) is 4.90 Å². The molecule has 12 heavy (non-hydrogen) atoms. The summed E-state index contributed by atoms with van der Waals surface area (Å²) in [6.07, 6.45) is 0. The second kappa shape index (κ2) is 3.66. The zero-order valence-corrected chi connectivity index (χ0v) is 7.21. The van der Waals surface area contributed by atoms with E-state index in [1.54, 1.807) is 18.2 Å². The fraction of sp³-hybridized carbons (Fsp3) is 0.143. The molecule has 0 aromatic heterocycles. The van der Waals surface area contributed by atoms with Crippen molar-refractivity contribution in [2.75, 3.05) is 6.67 Å². The molecular formula is C7H10N2O2S. The number of benzene rings is 1. The van der Waals surface area contributed by atoms with Crippen molar-refractivity contribution >= 4 is 10.0 Å². The Morgan fingerprint density at radius 1 is 1.25 bits per heavy atom. The molecule has 0 amide bonds. The van der Waals surface area contributed by atoms with Crippen molar-refractivity contribution in [3.05, 3.63) is 30.3 Å². The van der Waals surface area contributed by atoms with Crippen LogP contribution in [0.1, 0.15) is 0 Å². The maximum absolute atomic E-state index is 11.2. The Morgan fingerprint density at radius 3 is 2.33 bits per heavy atom. The Balaban J connectivity index is 2.99.